The summed E-state index contributed by atoms with van der Waals surface area (Å²) < 4.78 is 0. The Morgan fingerprint density at radius 3 is 2.42 bits per heavy atom. The van der Waals surface area contributed by atoms with Gasteiger partial charge in [0.2, 0.25) is 0 Å². The largest absolute Gasteiger partial charge is 0.372 e. The average Bonchev–Trinajstić information content (AvgIpc) is 2.84. The molecule has 3 aromatic carbocycles. The van der Waals surface area contributed by atoms with Crippen LogP contribution >= 0.6 is 0 Å². The molecule has 1 aliphatic heterocycles. The highest BCUT2D eigenvalue weighted by molar-refractivity contribution is 6.05. The molecule has 1 N–H and O–H groups in total. The molecule has 0 aromatic heterocycles. The fraction of sp³-hybridized carbons (Fsp3) is 0.259. The highest BCUT2D eigenvalue weighted by atomic mass is 16.1. The Morgan fingerprint density at radius 2 is 1.65 bits per heavy atom. The van der Waals surface area contributed by atoms with E-state index < -0.39 is 0 Å². The molecule has 0 radical (unpaired) electrons. The van der Waals surface area contributed by atoms with Crippen LogP contribution in [0.15, 0.2) is 72.8 Å². The zero-order valence-electron chi connectivity index (χ0n) is 17.7. The predicted octanol–water partition coefficient (Wildman–Crippen LogP) is 5.59. The third-order valence-corrected chi connectivity index (χ3v) is 5.83. The molecule has 4 heteroatoms. The van der Waals surface area contributed by atoms with Crippen LogP contribution in [0.2, 0.25) is 0 Å². The zero-order valence-corrected chi connectivity index (χ0v) is 17.7. The monoisotopic (exact) mass is 409 g/mol. The number of carbonyl (C=O) groups is 1. The van der Waals surface area contributed by atoms with Crippen molar-refractivity contribution < 1.29 is 4.79 Å². The van der Waals surface area contributed by atoms with Crippen LogP contribution in [-0.4, -0.2) is 19.0 Å². The number of rotatable bonds is 6. The number of nitriles is 1. The summed E-state index contributed by atoms with van der Waals surface area (Å²) in [6, 6.07) is 26.0. The lowest BCUT2D eigenvalue weighted by atomic mass is 10.0. The minimum absolute atomic E-state index is 0.185. The predicted molar refractivity (Wildman–Crippen MR) is 125 cm³/mol. The second-order valence-electron chi connectivity index (χ2n) is 8.03. The molecule has 1 amide bonds. The van der Waals surface area contributed by atoms with Gasteiger partial charge in [-0.3, -0.25) is 4.79 Å². The Morgan fingerprint density at radius 1 is 0.871 bits per heavy atom. The molecule has 4 nitrogen and oxygen atoms in total. The minimum atomic E-state index is -0.185. The summed E-state index contributed by atoms with van der Waals surface area (Å²) in [6.07, 6.45) is 5.42. The summed E-state index contributed by atoms with van der Waals surface area (Å²) in [7, 11) is 0. The highest BCUT2D eigenvalue weighted by Crippen LogP contribution is 2.23. The van der Waals surface area contributed by atoms with Gasteiger partial charge in [0.25, 0.3) is 5.91 Å². The molecule has 1 saturated heterocycles. The van der Waals surface area contributed by atoms with E-state index in [1.807, 2.05) is 48.5 Å². The number of nitrogens with one attached hydrogen (secondary N) is 1. The second-order valence-corrected chi connectivity index (χ2v) is 8.03. The quantitative estimate of drug-likeness (QED) is 0.578. The molecule has 1 fully saturated rings. The lowest BCUT2D eigenvalue weighted by Crippen LogP contribution is -2.29. The molecular formula is C27H27N3O. The maximum atomic E-state index is 13.0. The van der Waals surface area contributed by atoms with E-state index in [-0.39, 0.29) is 5.91 Å². The van der Waals surface area contributed by atoms with Crippen molar-refractivity contribution in [2.75, 3.05) is 23.3 Å². The van der Waals surface area contributed by atoms with Gasteiger partial charge in [-0.05, 0) is 73.6 Å². The maximum Gasteiger partial charge on any atom is 0.255 e. The number of amides is 1. The first-order valence-electron chi connectivity index (χ1n) is 11.0. The molecule has 31 heavy (non-hydrogen) atoms. The van der Waals surface area contributed by atoms with Crippen molar-refractivity contribution in [3.63, 3.8) is 0 Å². The molecule has 0 saturated carbocycles. The number of anilines is 2. The maximum absolute atomic E-state index is 13.0. The zero-order chi connectivity index (χ0) is 21.5. The lowest BCUT2D eigenvalue weighted by molar-refractivity contribution is 0.102. The normalized spacial score (nSPS) is 13.5. The summed E-state index contributed by atoms with van der Waals surface area (Å²) in [5.74, 6) is -0.185. The van der Waals surface area contributed by atoms with Crippen molar-refractivity contribution in [2.45, 2.75) is 32.1 Å². The van der Waals surface area contributed by atoms with Gasteiger partial charge >= 0.3 is 0 Å². The molecule has 0 atom stereocenters. The van der Waals surface area contributed by atoms with E-state index in [9.17, 15) is 10.1 Å². The molecule has 3 aromatic rings. The van der Waals surface area contributed by atoms with Crippen molar-refractivity contribution in [2.24, 2.45) is 0 Å². The Kier molecular flexibility index (Phi) is 6.64. The van der Waals surface area contributed by atoms with Gasteiger partial charge in [0.05, 0.1) is 11.3 Å². The molecular weight excluding hydrogens is 382 g/mol. The van der Waals surface area contributed by atoms with Gasteiger partial charge in [0, 0.05) is 24.3 Å². The van der Waals surface area contributed by atoms with E-state index in [2.05, 4.69) is 34.5 Å². The van der Waals surface area contributed by atoms with Crippen LogP contribution in [0.3, 0.4) is 0 Å². The molecule has 0 bridgehead atoms. The third-order valence-electron chi connectivity index (χ3n) is 5.83. The summed E-state index contributed by atoms with van der Waals surface area (Å²) in [5.41, 5.74) is 5.11. The van der Waals surface area contributed by atoms with Gasteiger partial charge in [-0.1, -0.05) is 42.5 Å². The first-order chi connectivity index (χ1) is 15.2. The van der Waals surface area contributed by atoms with Crippen molar-refractivity contribution in [1.82, 2.24) is 0 Å². The number of hydrogen-bond acceptors (Lipinski definition) is 3. The van der Waals surface area contributed by atoms with Crippen LogP contribution in [0, 0.1) is 11.3 Å². The lowest BCUT2D eigenvalue weighted by Gasteiger charge is -2.29. The van der Waals surface area contributed by atoms with Crippen LogP contribution in [0.5, 0.6) is 0 Å². The van der Waals surface area contributed by atoms with Crippen molar-refractivity contribution >= 4 is 17.3 Å². The topological polar surface area (TPSA) is 56.1 Å². The standard InChI is InChI=1S/C27H27N3O/c28-20-24-15-14-22(13-12-21-8-3-1-4-9-21)18-26(24)29-27(31)23-10-7-11-25(19-23)30-16-5-2-6-17-30/h1,3-4,7-11,14-15,18-19H,2,5-6,12-13,16-17H2,(H,29,31). The number of benzene rings is 3. The van der Waals surface area contributed by atoms with Gasteiger partial charge in [0.15, 0.2) is 0 Å². The SMILES string of the molecule is N#Cc1ccc(CCc2ccccc2)cc1NC(=O)c1cccc(N2CCCCC2)c1. The number of hydrogen-bond donors (Lipinski definition) is 1. The van der Waals surface area contributed by atoms with Crippen LogP contribution in [0.4, 0.5) is 11.4 Å². The summed E-state index contributed by atoms with van der Waals surface area (Å²) >= 11 is 0. The average molecular weight is 410 g/mol. The van der Waals surface area contributed by atoms with Crippen LogP contribution < -0.4 is 10.2 Å². The van der Waals surface area contributed by atoms with E-state index in [4.69, 9.17) is 0 Å². The summed E-state index contributed by atoms with van der Waals surface area (Å²) in [6.45, 7) is 2.07. The van der Waals surface area contributed by atoms with Gasteiger partial charge in [-0.25, -0.2) is 0 Å². The number of nitrogens with zero attached hydrogens (tertiary/aromatic N) is 2. The minimum Gasteiger partial charge on any atom is -0.372 e. The van der Waals surface area contributed by atoms with E-state index >= 15 is 0 Å². The van der Waals surface area contributed by atoms with E-state index in [1.165, 1.54) is 24.8 Å². The van der Waals surface area contributed by atoms with Crippen molar-refractivity contribution in [3.05, 3.63) is 95.1 Å². The Bertz CT molecular complexity index is 1080. The molecule has 4 rings (SSSR count). The smallest absolute Gasteiger partial charge is 0.255 e. The van der Waals surface area contributed by atoms with E-state index in [0.29, 0.717) is 16.8 Å². The molecule has 0 spiro atoms. The Labute approximate surface area is 184 Å². The molecule has 1 heterocycles. The molecule has 0 aliphatic carbocycles. The van der Waals surface area contributed by atoms with Crippen molar-refractivity contribution in [3.8, 4) is 6.07 Å². The second kappa shape index (κ2) is 9.95. The number of piperidine rings is 1. The molecule has 156 valence electrons. The fourth-order valence-corrected chi connectivity index (χ4v) is 4.07. The first-order valence-corrected chi connectivity index (χ1v) is 11.0. The number of carbonyl (C=O) groups excluding carboxylic acids is 1. The summed E-state index contributed by atoms with van der Waals surface area (Å²) in [4.78, 5) is 15.3. The van der Waals surface area contributed by atoms with Gasteiger partial charge in [-0.2, -0.15) is 5.26 Å². The van der Waals surface area contributed by atoms with Crippen LogP contribution in [-0.2, 0) is 12.8 Å². The third kappa shape index (κ3) is 5.32. The summed E-state index contributed by atoms with van der Waals surface area (Å²) in [5, 5.41) is 12.5. The van der Waals surface area contributed by atoms with E-state index in [0.717, 1.165) is 37.2 Å². The highest BCUT2D eigenvalue weighted by Gasteiger charge is 2.14. The first kappa shape index (κ1) is 20.7. The van der Waals surface area contributed by atoms with Gasteiger partial charge in [-0.15, -0.1) is 0 Å². The van der Waals surface area contributed by atoms with Gasteiger partial charge in [0.1, 0.15) is 6.07 Å². The van der Waals surface area contributed by atoms with Crippen LogP contribution in [0.1, 0.15) is 46.3 Å². The van der Waals surface area contributed by atoms with Crippen molar-refractivity contribution in [1.29, 1.82) is 5.26 Å². The van der Waals surface area contributed by atoms with E-state index in [1.54, 1.807) is 6.07 Å². The molecule has 0 unspecified atom stereocenters. The Hall–Kier alpha value is -3.58. The molecule has 1 aliphatic rings. The van der Waals surface area contributed by atoms with Gasteiger partial charge < -0.3 is 10.2 Å². The Balaban J connectivity index is 1.48. The van der Waals surface area contributed by atoms with Crippen LogP contribution in [0.25, 0.3) is 0 Å². The number of aryl methyl sites for hydroxylation is 2. The fourth-order valence-electron chi connectivity index (χ4n) is 4.07.